The molecule has 3 heterocycles. The molecule has 4 rings (SSSR count). The Hall–Kier alpha value is -2.99. The minimum Gasteiger partial charge on any atom is -0.268 e. The average Bonchev–Trinajstić information content (AvgIpc) is 2.70. The van der Waals surface area contributed by atoms with Gasteiger partial charge in [-0.05, 0) is 49.2 Å². The van der Waals surface area contributed by atoms with E-state index in [1.54, 1.807) is 23.0 Å². The minimum atomic E-state index is -0.113. The van der Waals surface area contributed by atoms with Crippen molar-refractivity contribution in [3.05, 3.63) is 88.6 Å². The molecule has 0 bridgehead atoms. The lowest BCUT2D eigenvalue weighted by Crippen LogP contribution is -2.22. The topological polar surface area (TPSA) is 60.7 Å². The average molecular weight is 374 g/mol. The second-order valence-corrected chi connectivity index (χ2v) is 7.60. The third kappa shape index (κ3) is 3.48. The van der Waals surface area contributed by atoms with Crippen LogP contribution in [0.1, 0.15) is 23.3 Å². The maximum Gasteiger partial charge on any atom is 0.267 e. The van der Waals surface area contributed by atoms with Crippen LogP contribution in [0.5, 0.6) is 0 Å². The quantitative estimate of drug-likeness (QED) is 0.393. The number of thioether (sulfide) groups is 1. The van der Waals surface area contributed by atoms with E-state index in [0.717, 1.165) is 11.1 Å². The highest BCUT2D eigenvalue weighted by Gasteiger charge is 2.17. The Morgan fingerprint density at radius 2 is 1.89 bits per heavy atom. The first-order valence-corrected chi connectivity index (χ1v) is 9.53. The first-order chi connectivity index (χ1) is 13.1. The van der Waals surface area contributed by atoms with Crippen molar-refractivity contribution in [3.63, 3.8) is 0 Å². The Kier molecular flexibility index (Phi) is 4.73. The van der Waals surface area contributed by atoms with Crippen molar-refractivity contribution in [2.75, 3.05) is 0 Å². The number of nitrogens with zero attached hydrogens (tertiary/aromatic N) is 4. The lowest BCUT2D eigenvalue weighted by molar-refractivity contribution is 0.791. The van der Waals surface area contributed by atoms with E-state index in [0.29, 0.717) is 21.9 Å². The zero-order valence-electron chi connectivity index (χ0n) is 15.0. The summed E-state index contributed by atoms with van der Waals surface area (Å²) < 4.78 is 1.60. The molecule has 27 heavy (non-hydrogen) atoms. The van der Waals surface area contributed by atoms with Crippen LogP contribution in [0.3, 0.4) is 0 Å². The molecule has 0 fully saturated rings. The molecule has 134 valence electrons. The van der Waals surface area contributed by atoms with Gasteiger partial charge in [0.15, 0.2) is 5.16 Å². The van der Waals surface area contributed by atoms with Crippen molar-refractivity contribution in [2.45, 2.75) is 24.3 Å². The maximum absolute atomic E-state index is 13.2. The van der Waals surface area contributed by atoms with E-state index in [9.17, 15) is 4.79 Å². The SMILES string of the molecule is Cc1ccc(-n2c(S[C@@H](C)c3cccnc3)nc3ccccc3c2=O)nc1. The minimum absolute atomic E-state index is 0.0865. The summed E-state index contributed by atoms with van der Waals surface area (Å²) in [6.07, 6.45) is 5.35. The van der Waals surface area contributed by atoms with Gasteiger partial charge in [0.05, 0.1) is 10.9 Å². The van der Waals surface area contributed by atoms with Crippen molar-refractivity contribution >= 4 is 22.7 Å². The van der Waals surface area contributed by atoms with E-state index in [-0.39, 0.29) is 10.8 Å². The number of para-hydroxylation sites is 1. The van der Waals surface area contributed by atoms with Gasteiger partial charge >= 0.3 is 0 Å². The molecule has 0 saturated heterocycles. The molecular weight excluding hydrogens is 356 g/mol. The Bertz CT molecular complexity index is 1140. The van der Waals surface area contributed by atoms with Crippen LogP contribution in [0.25, 0.3) is 16.7 Å². The molecule has 0 N–H and O–H groups in total. The Balaban J connectivity index is 1.88. The molecule has 0 radical (unpaired) electrons. The Labute approximate surface area is 161 Å². The van der Waals surface area contributed by atoms with E-state index < -0.39 is 0 Å². The van der Waals surface area contributed by atoms with Gasteiger partial charge in [0.1, 0.15) is 5.82 Å². The van der Waals surface area contributed by atoms with E-state index in [4.69, 9.17) is 4.98 Å². The van der Waals surface area contributed by atoms with E-state index in [1.807, 2.05) is 55.6 Å². The normalized spacial score (nSPS) is 12.2. The zero-order valence-corrected chi connectivity index (χ0v) is 15.9. The standard InChI is InChI=1S/C21H18N4OS/c1-14-9-10-19(23-12-14)25-20(26)17-7-3-4-8-18(17)24-21(25)27-15(2)16-6-5-11-22-13-16/h3-13,15H,1-2H3/t15-/m0/s1. The number of pyridine rings is 2. The molecule has 1 atom stereocenters. The van der Waals surface area contributed by atoms with E-state index >= 15 is 0 Å². The molecule has 5 nitrogen and oxygen atoms in total. The zero-order chi connectivity index (χ0) is 18.8. The predicted octanol–water partition coefficient (Wildman–Crippen LogP) is 4.34. The molecule has 4 aromatic rings. The summed E-state index contributed by atoms with van der Waals surface area (Å²) in [6.45, 7) is 4.05. The van der Waals surface area contributed by atoms with Crippen molar-refractivity contribution in [1.82, 2.24) is 19.5 Å². The van der Waals surface area contributed by atoms with Crippen LogP contribution in [0.15, 0.2) is 77.1 Å². The Morgan fingerprint density at radius 1 is 1.04 bits per heavy atom. The van der Waals surface area contributed by atoms with Gasteiger partial charge in [0, 0.05) is 23.8 Å². The number of hydrogen-bond acceptors (Lipinski definition) is 5. The number of aryl methyl sites for hydroxylation is 1. The molecule has 0 unspecified atom stereocenters. The fourth-order valence-electron chi connectivity index (χ4n) is 2.83. The van der Waals surface area contributed by atoms with Crippen molar-refractivity contribution in [2.24, 2.45) is 0 Å². The Morgan fingerprint density at radius 3 is 2.63 bits per heavy atom. The van der Waals surface area contributed by atoms with Gasteiger partial charge in [-0.15, -0.1) is 0 Å². The van der Waals surface area contributed by atoms with Gasteiger partial charge in [-0.25, -0.2) is 14.5 Å². The summed E-state index contributed by atoms with van der Waals surface area (Å²) in [5.74, 6) is 0.574. The van der Waals surface area contributed by atoms with Crippen LogP contribution in [0, 0.1) is 6.92 Å². The molecule has 0 aliphatic carbocycles. The molecule has 0 aliphatic heterocycles. The summed E-state index contributed by atoms with van der Waals surface area (Å²) in [6, 6.07) is 15.1. The first-order valence-electron chi connectivity index (χ1n) is 8.65. The summed E-state index contributed by atoms with van der Waals surface area (Å²) >= 11 is 1.52. The largest absolute Gasteiger partial charge is 0.268 e. The predicted molar refractivity (Wildman–Crippen MR) is 108 cm³/mol. The van der Waals surface area contributed by atoms with Crippen molar-refractivity contribution < 1.29 is 0 Å². The number of hydrogen-bond donors (Lipinski definition) is 0. The molecule has 0 amide bonds. The number of rotatable bonds is 4. The van der Waals surface area contributed by atoms with Gasteiger partial charge in [0.2, 0.25) is 0 Å². The second-order valence-electron chi connectivity index (χ2n) is 6.29. The highest BCUT2D eigenvalue weighted by molar-refractivity contribution is 7.99. The van der Waals surface area contributed by atoms with E-state index in [1.165, 1.54) is 11.8 Å². The smallest absolute Gasteiger partial charge is 0.267 e. The van der Waals surface area contributed by atoms with Gasteiger partial charge in [-0.3, -0.25) is 9.78 Å². The van der Waals surface area contributed by atoms with Crippen molar-refractivity contribution in [1.29, 1.82) is 0 Å². The van der Waals surface area contributed by atoms with Gasteiger partial charge in [-0.1, -0.05) is 36.0 Å². The van der Waals surface area contributed by atoms with E-state index in [2.05, 4.69) is 16.9 Å². The monoisotopic (exact) mass is 374 g/mol. The van der Waals surface area contributed by atoms with Crippen LogP contribution >= 0.6 is 11.8 Å². The molecule has 6 heteroatoms. The molecule has 0 saturated carbocycles. The first kappa shape index (κ1) is 17.4. The number of aromatic nitrogens is 4. The third-order valence-electron chi connectivity index (χ3n) is 4.31. The van der Waals surface area contributed by atoms with Crippen molar-refractivity contribution in [3.8, 4) is 5.82 Å². The summed E-state index contributed by atoms with van der Waals surface area (Å²) in [5.41, 5.74) is 2.69. The molecular formula is C21H18N4OS. The maximum atomic E-state index is 13.2. The van der Waals surface area contributed by atoms with Crippen LogP contribution in [0.2, 0.25) is 0 Å². The van der Waals surface area contributed by atoms with Crippen LogP contribution < -0.4 is 5.56 Å². The number of fused-ring (bicyclic) bond motifs is 1. The van der Waals surface area contributed by atoms with Gasteiger partial charge in [0.25, 0.3) is 5.56 Å². The molecule has 1 aromatic carbocycles. The second kappa shape index (κ2) is 7.32. The lowest BCUT2D eigenvalue weighted by atomic mass is 10.2. The number of benzene rings is 1. The van der Waals surface area contributed by atoms with Crippen LogP contribution in [0.4, 0.5) is 0 Å². The molecule has 3 aromatic heterocycles. The fraction of sp³-hybridized carbons (Fsp3) is 0.143. The lowest BCUT2D eigenvalue weighted by Gasteiger charge is -2.16. The summed E-state index contributed by atoms with van der Waals surface area (Å²) in [7, 11) is 0. The van der Waals surface area contributed by atoms with Gasteiger partial charge in [-0.2, -0.15) is 0 Å². The summed E-state index contributed by atoms with van der Waals surface area (Å²) in [5, 5.41) is 1.29. The third-order valence-corrected chi connectivity index (χ3v) is 5.42. The summed E-state index contributed by atoms with van der Waals surface area (Å²) in [4.78, 5) is 26.6. The molecule has 0 aliphatic rings. The van der Waals surface area contributed by atoms with Gasteiger partial charge < -0.3 is 0 Å². The van der Waals surface area contributed by atoms with Crippen LogP contribution in [-0.4, -0.2) is 19.5 Å². The highest BCUT2D eigenvalue weighted by atomic mass is 32.2. The highest BCUT2D eigenvalue weighted by Crippen LogP contribution is 2.34. The van der Waals surface area contributed by atoms with Crippen LogP contribution in [-0.2, 0) is 0 Å². The molecule has 0 spiro atoms. The fourth-order valence-corrected chi connectivity index (χ4v) is 3.85.